The van der Waals surface area contributed by atoms with Gasteiger partial charge >= 0.3 is 0 Å². The van der Waals surface area contributed by atoms with Gasteiger partial charge in [-0.1, -0.05) is 10.5 Å². The number of benzene rings is 1. The van der Waals surface area contributed by atoms with Gasteiger partial charge in [-0.2, -0.15) is 0 Å². The third kappa shape index (κ3) is 3.51. The van der Waals surface area contributed by atoms with E-state index in [1.165, 1.54) is 19.1 Å². The van der Waals surface area contributed by atoms with Gasteiger partial charge in [-0.3, -0.25) is 0 Å². The van der Waals surface area contributed by atoms with E-state index in [0.29, 0.717) is 0 Å². The van der Waals surface area contributed by atoms with Crippen molar-refractivity contribution in [3.8, 4) is 0 Å². The molecular weight excluding hydrogens is 244 g/mol. The van der Waals surface area contributed by atoms with Crippen LogP contribution in [0.1, 0.15) is 33.3 Å². The Bertz CT molecular complexity index is 441. The first-order valence-corrected chi connectivity index (χ1v) is 6.26. The summed E-state index contributed by atoms with van der Waals surface area (Å²) in [5, 5.41) is 0. The van der Waals surface area contributed by atoms with Crippen molar-refractivity contribution >= 4 is 17.1 Å². The molecule has 0 fully saturated rings. The van der Waals surface area contributed by atoms with E-state index in [4.69, 9.17) is 0 Å². The summed E-state index contributed by atoms with van der Waals surface area (Å²) in [6.45, 7) is 6.81. The van der Waals surface area contributed by atoms with Crippen LogP contribution in [0.4, 0.5) is 8.78 Å². The number of hydrogen-bond acceptors (Lipinski definition) is 2. The minimum Gasteiger partial charge on any atom is -0.591 e. The van der Waals surface area contributed by atoms with Gasteiger partial charge in [0, 0.05) is 5.56 Å². The van der Waals surface area contributed by atoms with Crippen LogP contribution in [0.15, 0.2) is 22.6 Å². The zero-order valence-corrected chi connectivity index (χ0v) is 11.1. The average Bonchev–Trinajstić information content (AvgIpc) is 2.20. The number of rotatable bonds is 2. The Labute approximate surface area is 103 Å². The van der Waals surface area contributed by atoms with Crippen LogP contribution < -0.4 is 0 Å². The van der Waals surface area contributed by atoms with Gasteiger partial charge in [-0.25, -0.2) is 8.78 Å². The number of halogens is 2. The summed E-state index contributed by atoms with van der Waals surface area (Å²) in [7, 11) is 0. The van der Waals surface area contributed by atoms with Crippen LogP contribution in [0.2, 0.25) is 0 Å². The van der Waals surface area contributed by atoms with Crippen molar-refractivity contribution in [2.75, 3.05) is 0 Å². The molecule has 1 rings (SSSR count). The Morgan fingerprint density at radius 3 is 2.41 bits per heavy atom. The molecule has 0 radical (unpaired) electrons. The SMILES string of the molecule is C/C(=N/[S+]([O-])C(C)(C)C)c1cccc(F)c1F. The molecule has 1 unspecified atom stereocenters. The molecule has 17 heavy (non-hydrogen) atoms. The quantitative estimate of drug-likeness (QED) is 0.593. The standard InChI is InChI=1S/C12H15F2NOS/c1-8(15-17(16)12(2,3)4)9-6-5-7-10(13)11(9)14/h5-7H,1-4H3/b15-8-. The van der Waals surface area contributed by atoms with Gasteiger partial charge in [-0.05, 0) is 39.8 Å². The monoisotopic (exact) mass is 259 g/mol. The Hall–Kier alpha value is -0.940. The van der Waals surface area contributed by atoms with Crippen molar-refractivity contribution < 1.29 is 13.3 Å². The first kappa shape index (κ1) is 14.1. The van der Waals surface area contributed by atoms with E-state index in [1.807, 2.05) is 0 Å². The third-order valence-electron chi connectivity index (χ3n) is 2.09. The highest BCUT2D eigenvalue weighted by atomic mass is 32.2. The maximum atomic E-state index is 13.4. The number of nitrogens with zero attached hydrogens (tertiary/aromatic N) is 1. The Kier molecular flexibility index (Phi) is 4.27. The molecule has 0 aliphatic heterocycles. The lowest BCUT2D eigenvalue weighted by atomic mass is 10.1. The van der Waals surface area contributed by atoms with E-state index in [1.54, 1.807) is 20.8 Å². The Balaban J connectivity index is 3.09. The van der Waals surface area contributed by atoms with Crippen LogP contribution in [-0.4, -0.2) is 15.0 Å². The second-order valence-electron chi connectivity index (χ2n) is 4.64. The predicted molar refractivity (Wildman–Crippen MR) is 66.5 cm³/mol. The van der Waals surface area contributed by atoms with Crippen molar-refractivity contribution in [2.45, 2.75) is 32.4 Å². The smallest absolute Gasteiger partial charge is 0.168 e. The van der Waals surface area contributed by atoms with Crippen molar-refractivity contribution in [3.05, 3.63) is 35.4 Å². The highest BCUT2D eigenvalue weighted by Crippen LogP contribution is 2.19. The second kappa shape index (κ2) is 5.14. The van der Waals surface area contributed by atoms with Gasteiger partial charge in [0.15, 0.2) is 11.6 Å². The topological polar surface area (TPSA) is 35.4 Å². The van der Waals surface area contributed by atoms with Gasteiger partial charge < -0.3 is 4.55 Å². The van der Waals surface area contributed by atoms with Gasteiger partial charge in [0.2, 0.25) is 0 Å². The summed E-state index contributed by atoms with van der Waals surface area (Å²) < 4.78 is 41.6. The highest BCUT2D eigenvalue weighted by Gasteiger charge is 2.27. The zero-order chi connectivity index (χ0) is 13.2. The lowest BCUT2D eigenvalue weighted by Crippen LogP contribution is -2.26. The van der Waals surface area contributed by atoms with Crippen LogP contribution >= 0.6 is 0 Å². The molecule has 0 aliphatic carbocycles. The van der Waals surface area contributed by atoms with Crippen LogP contribution in [0, 0.1) is 11.6 Å². The maximum Gasteiger partial charge on any atom is 0.168 e. The fraction of sp³-hybridized carbons (Fsp3) is 0.417. The van der Waals surface area contributed by atoms with Crippen LogP contribution in [0.5, 0.6) is 0 Å². The average molecular weight is 259 g/mol. The fourth-order valence-corrected chi connectivity index (χ4v) is 1.71. The molecule has 0 saturated heterocycles. The molecule has 0 saturated carbocycles. The zero-order valence-electron chi connectivity index (χ0n) is 10.3. The molecule has 0 spiro atoms. The third-order valence-corrected chi connectivity index (χ3v) is 3.57. The molecule has 1 atom stereocenters. The van der Waals surface area contributed by atoms with E-state index < -0.39 is 27.7 Å². The van der Waals surface area contributed by atoms with E-state index in [2.05, 4.69) is 4.40 Å². The van der Waals surface area contributed by atoms with E-state index in [-0.39, 0.29) is 11.3 Å². The molecule has 0 amide bonds. The molecule has 94 valence electrons. The maximum absolute atomic E-state index is 13.4. The minimum atomic E-state index is -1.48. The molecule has 1 aromatic carbocycles. The molecule has 0 aliphatic rings. The van der Waals surface area contributed by atoms with Crippen molar-refractivity contribution in [2.24, 2.45) is 4.40 Å². The van der Waals surface area contributed by atoms with E-state index in [0.717, 1.165) is 6.07 Å². The predicted octanol–water partition coefficient (Wildman–Crippen LogP) is 3.24. The number of hydrogen-bond donors (Lipinski definition) is 0. The van der Waals surface area contributed by atoms with Gasteiger partial charge in [0.1, 0.15) is 16.1 Å². The van der Waals surface area contributed by atoms with Gasteiger partial charge in [0.25, 0.3) is 0 Å². The molecule has 2 nitrogen and oxygen atoms in total. The van der Waals surface area contributed by atoms with Gasteiger partial charge in [0.05, 0.1) is 5.71 Å². The molecule has 0 N–H and O–H groups in total. The van der Waals surface area contributed by atoms with Crippen molar-refractivity contribution in [1.29, 1.82) is 0 Å². The second-order valence-corrected chi connectivity index (χ2v) is 6.55. The van der Waals surface area contributed by atoms with Crippen molar-refractivity contribution in [3.63, 3.8) is 0 Å². The summed E-state index contributed by atoms with van der Waals surface area (Å²) >= 11 is -1.48. The lowest BCUT2D eigenvalue weighted by molar-refractivity contribution is 0.507. The first-order valence-electron chi connectivity index (χ1n) is 5.15. The summed E-state index contributed by atoms with van der Waals surface area (Å²) in [5.41, 5.74) is 0.276. The van der Waals surface area contributed by atoms with E-state index in [9.17, 15) is 13.3 Å². The lowest BCUT2D eigenvalue weighted by Gasteiger charge is -2.18. The van der Waals surface area contributed by atoms with Gasteiger partial charge in [-0.15, -0.1) is 0 Å². The van der Waals surface area contributed by atoms with Crippen LogP contribution in [-0.2, 0) is 11.4 Å². The fourth-order valence-electron chi connectivity index (χ4n) is 1.09. The van der Waals surface area contributed by atoms with Crippen LogP contribution in [0.25, 0.3) is 0 Å². The van der Waals surface area contributed by atoms with E-state index >= 15 is 0 Å². The molecular formula is C12H15F2NOS. The Morgan fingerprint density at radius 2 is 1.88 bits per heavy atom. The van der Waals surface area contributed by atoms with Crippen molar-refractivity contribution in [1.82, 2.24) is 0 Å². The molecule has 0 heterocycles. The highest BCUT2D eigenvalue weighted by molar-refractivity contribution is 7.91. The molecule has 1 aromatic rings. The largest absolute Gasteiger partial charge is 0.591 e. The molecule has 0 aromatic heterocycles. The molecule has 5 heteroatoms. The minimum absolute atomic E-state index is 0.0441. The first-order chi connectivity index (χ1) is 7.73. The summed E-state index contributed by atoms with van der Waals surface area (Å²) in [5.74, 6) is -1.89. The molecule has 0 bridgehead atoms. The van der Waals surface area contributed by atoms with Crippen LogP contribution in [0.3, 0.4) is 0 Å². The Morgan fingerprint density at radius 1 is 1.29 bits per heavy atom. The normalized spacial score (nSPS) is 14.9. The summed E-state index contributed by atoms with van der Waals surface area (Å²) in [6, 6.07) is 3.84. The summed E-state index contributed by atoms with van der Waals surface area (Å²) in [6.07, 6.45) is 0. The summed E-state index contributed by atoms with van der Waals surface area (Å²) in [4.78, 5) is 0.